The fourth-order valence-electron chi connectivity index (χ4n) is 1.83. The van der Waals surface area contributed by atoms with E-state index in [2.05, 4.69) is 0 Å². The molecule has 7 heteroatoms. The van der Waals surface area contributed by atoms with Crippen LogP contribution >= 0.6 is 0 Å². The minimum absolute atomic E-state index is 0.0294. The van der Waals surface area contributed by atoms with E-state index in [0.717, 1.165) is 16.4 Å². The molecule has 19 heavy (non-hydrogen) atoms. The van der Waals surface area contributed by atoms with Gasteiger partial charge in [0.1, 0.15) is 5.82 Å². The number of aliphatic carboxylic acids is 1. The molecule has 0 spiro atoms. The monoisotopic (exact) mass is 289 g/mol. The molecule has 0 aliphatic carbocycles. The highest BCUT2D eigenvalue weighted by molar-refractivity contribution is 7.89. The van der Waals surface area contributed by atoms with Crippen LogP contribution in [0.3, 0.4) is 0 Å². The third kappa shape index (κ3) is 3.51. The largest absolute Gasteiger partial charge is 0.481 e. The maximum absolute atomic E-state index is 13.2. The number of nitrogens with zero attached hydrogens (tertiary/aromatic N) is 1. The third-order valence-corrected chi connectivity index (χ3v) is 4.90. The molecule has 0 aromatic heterocycles. The number of benzene rings is 1. The first-order chi connectivity index (χ1) is 8.66. The van der Waals surface area contributed by atoms with Crippen LogP contribution in [0.1, 0.15) is 17.5 Å². The average molecular weight is 289 g/mol. The fraction of sp³-hybridized carbons (Fsp3) is 0.417. The Labute approximate surface area is 111 Å². The average Bonchev–Trinajstić information content (AvgIpc) is 2.23. The Morgan fingerprint density at radius 1 is 1.32 bits per heavy atom. The van der Waals surface area contributed by atoms with Crippen molar-refractivity contribution < 1.29 is 22.7 Å². The molecule has 1 N–H and O–H groups in total. The molecule has 0 saturated heterocycles. The third-order valence-electron chi connectivity index (χ3n) is 2.73. The number of carboxylic acid groups (broad SMARTS) is 1. The normalized spacial score (nSPS) is 11.8. The molecule has 0 fully saturated rings. The van der Waals surface area contributed by atoms with E-state index >= 15 is 0 Å². The van der Waals surface area contributed by atoms with Crippen LogP contribution in [0, 0.1) is 19.7 Å². The number of halogens is 1. The van der Waals surface area contributed by atoms with E-state index in [0.29, 0.717) is 11.1 Å². The van der Waals surface area contributed by atoms with Crippen LogP contribution in [-0.4, -0.2) is 37.4 Å². The van der Waals surface area contributed by atoms with Gasteiger partial charge in [0.15, 0.2) is 0 Å². The molecule has 0 heterocycles. The predicted molar refractivity (Wildman–Crippen MR) is 67.9 cm³/mol. The van der Waals surface area contributed by atoms with Crippen molar-refractivity contribution >= 4 is 16.0 Å². The van der Waals surface area contributed by atoms with Crippen LogP contribution in [0.25, 0.3) is 0 Å². The number of hydrogen-bond acceptors (Lipinski definition) is 3. The second kappa shape index (κ2) is 5.66. The van der Waals surface area contributed by atoms with Crippen molar-refractivity contribution in [2.75, 3.05) is 13.6 Å². The van der Waals surface area contributed by atoms with Gasteiger partial charge in [-0.1, -0.05) is 0 Å². The fourth-order valence-corrected chi connectivity index (χ4v) is 3.41. The highest BCUT2D eigenvalue weighted by Gasteiger charge is 2.25. The number of hydrogen-bond donors (Lipinski definition) is 1. The number of carbonyl (C=O) groups is 1. The lowest BCUT2D eigenvalue weighted by atomic mass is 10.1. The summed E-state index contributed by atoms with van der Waals surface area (Å²) in [5.41, 5.74) is 0.611. The zero-order chi connectivity index (χ0) is 14.8. The minimum atomic E-state index is -3.81. The van der Waals surface area contributed by atoms with E-state index in [1.54, 1.807) is 0 Å². The summed E-state index contributed by atoms with van der Waals surface area (Å²) in [6.45, 7) is 2.88. The van der Waals surface area contributed by atoms with Gasteiger partial charge < -0.3 is 5.11 Å². The lowest BCUT2D eigenvalue weighted by Crippen LogP contribution is -2.30. The summed E-state index contributed by atoms with van der Waals surface area (Å²) in [6.07, 6.45) is -0.283. The minimum Gasteiger partial charge on any atom is -0.481 e. The van der Waals surface area contributed by atoms with Crippen LogP contribution in [0.15, 0.2) is 17.0 Å². The van der Waals surface area contributed by atoms with E-state index in [4.69, 9.17) is 5.11 Å². The van der Waals surface area contributed by atoms with Gasteiger partial charge in [-0.15, -0.1) is 0 Å². The van der Waals surface area contributed by atoms with Gasteiger partial charge >= 0.3 is 5.97 Å². The summed E-state index contributed by atoms with van der Waals surface area (Å²) >= 11 is 0. The lowest BCUT2D eigenvalue weighted by molar-refractivity contribution is -0.137. The number of rotatable bonds is 5. The Hall–Kier alpha value is -1.47. The second-order valence-corrected chi connectivity index (χ2v) is 6.32. The molecule has 0 saturated carbocycles. The first-order valence-electron chi connectivity index (χ1n) is 5.61. The van der Waals surface area contributed by atoms with Crippen LogP contribution in [0.4, 0.5) is 4.39 Å². The van der Waals surface area contributed by atoms with Gasteiger partial charge in [0.25, 0.3) is 0 Å². The van der Waals surface area contributed by atoms with Crippen LogP contribution < -0.4 is 0 Å². The summed E-state index contributed by atoms with van der Waals surface area (Å²) in [6, 6.07) is 2.29. The Balaban J connectivity index is 3.17. The van der Waals surface area contributed by atoms with Crippen LogP contribution in [0.5, 0.6) is 0 Å². The molecular weight excluding hydrogens is 273 g/mol. The summed E-state index contributed by atoms with van der Waals surface area (Å²) in [7, 11) is -2.50. The highest BCUT2D eigenvalue weighted by atomic mass is 32.2. The maximum Gasteiger partial charge on any atom is 0.304 e. The Morgan fingerprint density at radius 2 is 1.79 bits per heavy atom. The molecule has 0 bridgehead atoms. The van der Waals surface area contributed by atoms with Gasteiger partial charge in [0.2, 0.25) is 10.0 Å². The van der Waals surface area contributed by atoms with Crippen molar-refractivity contribution in [2.45, 2.75) is 25.2 Å². The van der Waals surface area contributed by atoms with Gasteiger partial charge in [-0.2, -0.15) is 0 Å². The van der Waals surface area contributed by atoms with Gasteiger partial charge in [0, 0.05) is 13.6 Å². The molecule has 1 aromatic carbocycles. The SMILES string of the molecule is Cc1cc(F)cc(C)c1S(=O)(=O)N(C)CCC(=O)O. The second-order valence-electron chi connectivity index (χ2n) is 4.34. The molecule has 5 nitrogen and oxygen atoms in total. The van der Waals surface area contributed by atoms with E-state index in [1.165, 1.54) is 20.9 Å². The van der Waals surface area contributed by atoms with Crippen molar-refractivity contribution in [3.05, 3.63) is 29.1 Å². The molecule has 1 rings (SSSR count). The van der Waals surface area contributed by atoms with Crippen molar-refractivity contribution in [2.24, 2.45) is 0 Å². The molecule has 0 atom stereocenters. The molecule has 0 aliphatic heterocycles. The van der Waals surface area contributed by atoms with Gasteiger partial charge in [0.05, 0.1) is 11.3 Å². The Kier molecular flexibility index (Phi) is 4.65. The van der Waals surface area contributed by atoms with Crippen molar-refractivity contribution in [3.8, 4) is 0 Å². The standard InChI is InChI=1S/C12H16FNO4S/c1-8-6-10(13)7-9(2)12(8)19(17,18)14(3)5-4-11(15)16/h6-7H,4-5H2,1-3H3,(H,15,16). The lowest BCUT2D eigenvalue weighted by Gasteiger charge is -2.19. The summed E-state index contributed by atoms with van der Waals surface area (Å²) in [5.74, 6) is -1.57. The van der Waals surface area contributed by atoms with Crippen LogP contribution in [-0.2, 0) is 14.8 Å². The molecule has 0 aliphatic rings. The molecule has 0 radical (unpaired) electrons. The maximum atomic E-state index is 13.2. The first-order valence-corrected chi connectivity index (χ1v) is 7.05. The number of aryl methyl sites for hydroxylation is 2. The van der Waals surface area contributed by atoms with E-state index in [-0.39, 0.29) is 17.9 Å². The van der Waals surface area contributed by atoms with Crippen molar-refractivity contribution in [1.29, 1.82) is 0 Å². The Bertz CT molecular complexity index is 575. The molecule has 106 valence electrons. The Morgan fingerprint density at radius 3 is 2.21 bits per heavy atom. The quantitative estimate of drug-likeness (QED) is 0.892. The molecule has 0 amide bonds. The molecule has 1 aromatic rings. The number of sulfonamides is 1. The van der Waals surface area contributed by atoms with E-state index < -0.39 is 21.8 Å². The first kappa shape index (κ1) is 15.6. The topological polar surface area (TPSA) is 74.7 Å². The van der Waals surface area contributed by atoms with Gasteiger partial charge in [-0.05, 0) is 37.1 Å². The van der Waals surface area contributed by atoms with Crippen molar-refractivity contribution in [3.63, 3.8) is 0 Å². The zero-order valence-corrected chi connectivity index (χ0v) is 11.8. The summed E-state index contributed by atoms with van der Waals surface area (Å²) in [5, 5.41) is 8.57. The summed E-state index contributed by atoms with van der Waals surface area (Å²) in [4.78, 5) is 10.5. The molecular formula is C12H16FNO4S. The van der Waals surface area contributed by atoms with Crippen LogP contribution in [0.2, 0.25) is 0 Å². The summed E-state index contributed by atoms with van der Waals surface area (Å²) < 4.78 is 38.7. The highest BCUT2D eigenvalue weighted by Crippen LogP contribution is 2.24. The van der Waals surface area contributed by atoms with Crippen molar-refractivity contribution in [1.82, 2.24) is 4.31 Å². The molecule has 0 unspecified atom stereocenters. The number of carboxylic acids is 1. The van der Waals surface area contributed by atoms with Gasteiger partial charge in [-0.3, -0.25) is 4.79 Å². The smallest absolute Gasteiger partial charge is 0.304 e. The predicted octanol–water partition coefficient (Wildman–Crippen LogP) is 1.54. The van der Waals surface area contributed by atoms with E-state index in [1.807, 2.05) is 0 Å². The van der Waals surface area contributed by atoms with E-state index in [9.17, 15) is 17.6 Å². The zero-order valence-electron chi connectivity index (χ0n) is 11.0. The van der Waals surface area contributed by atoms with Gasteiger partial charge in [-0.25, -0.2) is 17.1 Å².